The van der Waals surface area contributed by atoms with Gasteiger partial charge in [0.15, 0.2) is 0 Å². The van der Waals surface area contributed by atoms with Gasteiger partial charge in [0, 0.05) is 12.5 Å². The minimum Gasteiger partial charge on any atom is -0.456 e. The zero-order chi connectivity index (χ0) is 20.7. The molecular formula is C25H32O5. The van der Waals surface area contributed by atoms with Crippen LogP contribution < -0.4 is 0 Å². The largest absolute Gasteiger partial charge is 0.456 e. The number of esters is 3. The molecular weight excluding hydrogens is 380 g/mol. The van der Waals surface area contributed by atoms with Gasteiger partial charge in [0.1, 0.15) is 5.60 Å². The Bertz CT molecular complexity index is 776. The topological polar surface area (TPSA) is 69.7 Å². The van der Waals surface area contributed by atoms with E-state index in [-0.39, 0.29) is 11.9 Å². The van der Waals surface area contributed by atoms with Crippen LogP contribution in [-0.2, 0) is 23.9 Å². The minimum atomic E-state index is -0.663. The molecule has 0 aromatic carbocycles. The van der Waals surface area contributed by atoms with E-state index >= 15 is 0 Å². The summed E-state index contributed by atoms with van der Waals surface area (Å²) in [5.41, 5.74) is -1.67. The molecule has 8 rings (SSSR count). The van der Waals surface area contributed by atoms with E-state index in [2.05, 4.69) is 6.58 Å². The number of carbonyl (C=O) groups is 3. The summed E-state index contributed by atoms with van der Waals surface area (Å²) < 4.78 is 11.6. The molecule has 5 heteroatoms. The second kappa shape index (κ2) is 6.20. The molecule has 8 aliphatic rings. The first-order valence-electron chi connectivity index (χ1n) is 11.9. The standard InChI is InChI=1S/C25H32O5/c1-2-20(26)30-25-12-18-6-19(13-25)11-24(10-18,14-25)22(28)29-21(27)23-7-15-3-16(8-23)5-17(4-15)9-23/h2,15-19H,1,3-14H2. The Labute approximate surface area is 177 Å². The normalized spacial score (nSPS) is 49.7. The van der Waals surface area contributed by atoms with Gasteiger partial charge in [-0.05, 0) is 100 Å². The molecule has 0 N–H and O–H groups in total. The average Bonchev–Trinajstić information content (AvgIpc) is 2.65. The third-order valence-electron chi connectivity index (χ3n) is 9.58. The maximum absolute atomic E-state index is 13.5. The van der Waals surface area contributed by atoms with Crippen molar-refractivity contribution in [1.29, 1.82) is 0 Å². The number of hydrogen-bond acceptors (Lipinski definition) is 5. The van der Waals surface area contributed by atoms with Gasteiger partial charge < -0.3 is 9.47 Å². The van der Waals surface area contributed by atoms with Crippen LogP contribution in [0, 0.1) is 40.4 Å². The van der Waals surface area contributed by atoms with Crippen molar-refractivity contribution in [1.82, 2.24) is 0 Å². The highest BCUT2D eigenvalue weighted by Gasteiger charge is 2.64. The van der Waals surface area contributed by atoms with E-state index in [1.165, 1.54) is 25.3 Å². The van der Waals surface area contributed by atoms with E-state index in [0.717, 1.165) is 51.4 Å². The number of rotatable bonds is 4. The molecule has 0 aliphatic heterocycles. The zero-order valence-electron chi connectivity index (χ0n) is 17.7. The molecule has 8 bridgehead atoms. The summed E-state index contributed by atoms with van der Waals surface area (Å²) in [6, 6.07) is 0. The van der Waals surface area contributed by atoms with Crippen LogP contribution in [0.5, 0.6) is 0 Å². The molecule has 5 nitrogen and oxygen atoms in total. The smallest absolute Gasteiger partial charge is 0.330 e. The molecule has 8 saturated carbocycles. The van der Waals surface area contributed by atoms with Crippen molar-refractivity contribution in [3.05, 3.63) is 12.7 Å². The highest BCUT2D eigenvalue weighted by atomic mass is 16.6. The number of carbonyl (C=O) groups excluding carboxylic acids is 3. The van der Waals surface area contributed by atoms with Crippen LogP contribution in [0.2, 0.25) is 0 Å². The second-order valence-electron chi connectivity index (χ2n) is 11.9. The number of hydrogen-bond donors (Lipinski definition) is 0. The summed E-state index contributed by atoms with van der Waals surface area (Å²) in [6.07, 6.45) is 12.5. The third-order valence-corrected chi connectivity index (χ3v) is 9.58. The van der Waals surface area contributed by atoms with Crippen LogP contribution in [0.1, 0.15) is 77.0 Å². The lowest BCUT2D eigenvalue weighted by Gasteiger charge is -2.60. The van der Waals surface area contributed by atoms with Crippen LogP contribution in [0.25, 0.3) is 0 Å². The minimum absolute atomic E-state index is 0.250. The van der Waals surface area contributed by atoms with Crippen LogP contribution >= 0.6 is 0 Å². The van der Waals surface area contributed by atoms with E-state index in [1.807, 2.05) is 0 Å². The van der Waals surface area contributed by atoms with Crippen molar-refractivity contribution in [2.75, 3.05) is 0 Å². The lowest BCUT2D eigenvalue weighted by Crippen LogP contribution is -2.60. The first-order valence-corrected chi connectivity index (χ1v) is 11.9. The van der Waals surface area contributed by atoms with Crippen molar-refractivity contribution in [3.8, 4) is 0 Å². The van der Waals surface area contributed by atoms with Gasteiger partial charge in [0.2, 0.25) is 0 Å². The van der Waals surface area contributed by atoms with Crippen molar-refractivity contribution >= 4 is 17.9 Å². The molecule has 2 unspecified atom stereocenters. The summed E-state index contributed by atoms with van der Waals surface area (Å²) in [6.45, 7) is 3.53. The molecule has 0 spiro atoms. The van der Waals surface area contributed by atoms with E-state index in [4.69, 9.17) is 9.47 Å². The van der Waals surface area contributed by atoms with E-state index in [9.17, 15) is 14.4 Å². The van der Waals surface area contributed by atoms with E-state index < -0.39 is 22.4 Å². The zero-order valence-corrected chi connectivity index (χ0v) is 17.7. The van der Waals surface area contributed by atoms with Crippen molar-refractivity contribution < 1.29 is 23.9 Å². The first kappa shape index (κ1) is 19.1. The lowest BCUT2D eigenvalue weighted by molar-refractivity contribution is -0.214. The molecule has 162 valence electrons. The van der Waals surface area contributed by atoms with E-state index in [1.54, 1.807) is 0 Å². The Hall–Kier alpha value is -1.65. The Balaban J connectivity index is 1.22. The summed E-state index contributed by atoms with van der Waals surface area (Å²) in [7, 11) is 0. The quantitative estimate of drug-likeness (QED) is 0.390. The summed E-state index contributed by atoms with van der Waals surface area (Å²) in [4.78, 5) is 38.9. The van der Waals surface area contributed by atoms with Crippen LogP contribution in [0.4, 0.5) is 0 Å². The van der Waals surface area contributed by atoms with Gasteiger partial charge in [-0.15, -0.1) is 0 Å². The van der Waals surface area contributed by atoms with Crippen molar-refractivity contribution in [3.63, 3.8) is 0 Å². The van der Waals surface area contributed by atoms with Crippen LogP contribution in [0.3, 0.4) is 0 Å². The highest BCUT2D eigenvalue weighted by Crippen LogP contribution is 2.64. The van der Waals surface area contributed by atoms with Gasteiger partial charge >= 0.3 is 17.9 Å². The Morgan fingerprint density at radius 1 is 0.700 bits per heavy atom. The monoisotopic (exact) mass is 412 g/mol. The van der Waals surface area contributed by atoms with Crippen molar-refractivity contribution in [2.45, 2.75) is 82.7 Å². The molecule has 2 atom stereocenters. The summed E-state index contributed by atoms with van der Waals surface area (Å²) >= 11 is 0. The molecule has 8 aliphatic carbocycles. The Morgan fingerprint density at radius 2 is 1.17 bits per heavy atom. The fourth-order valence-electron chi connectivity index (χ4n) is 9.45. The fraction of sp³-hybridized carbons (Fsp3) is 0.800. The van der Waals surface area contributed by atoms with Gasteiger partial charge in [-0.1, -0.05) is 6.58 Å². The van der Waals surface area contributed by atoms with Gasteiger partial charge in [-0.25, -0.2) is 4.79 Å². The summed E-state index contributed by atoms with van der Waals surface area (Å²) in [5.74, 6) is 1.65. The molecule has 0 heterocycles. The summed E-state index contributed by atoms with van der Waals surface area (Å²) in [5, 5.41) is 0. The second-order valence-corrected chi connectivity index (χ2v) is 11.9. The Morgan fingerprint density at radius 3 is 1.70 bits per heavy atom. The molecule has 0 aromatic rings. The maximum atomic E-state index is 13.5. The Kier molecular flexibility index (Phi) is 3.94. The molecule has 8 fully saturated rings. The van der Waals surface area contributed by atoms with Gasteiger partial charge in [0.25, 0.3) is 0 Å². The van der Waals surface area contributed by atoms with Crippen LogP contribution in [0.15, 0.2) is 12.7 Å². The predicted molar refractivity (Wildman–Crippen MR) is 108 cm³/mol. The third kappa shape index (κ3) is 2.76. The van der Waals surface area contributed by atoms with E-state index in [0.29, 0.717) is 36.0 Å². The maximum Gasteiger partial charge on any atom is 0.330 e. The molecule has 0 aromatic heterocycles. The molecule has 0 amide bonds. The fourth-order valence-corrected chi connectivity index (χ4v) is 9.45. The predicted octanol–water partition coefficient (Wildman–Crippen LogP) is 4.34. The van der Waals surface area contributed by atoms with Crippen LogP contribution in [-0.4, -0.2) is 23.5 Å². The number of ether oxygens (including phenoxy) is 2. The lowest BCUT2D eigenvalue weighted by atomic mass is 9.47. The first-order chi connectivity index (χ1) is 14.3. The van der Waals surface area contributed by atoms with Crippen molar-refractivity contribution in [2.24, 2.45) is 40.4 Å². The molecule has 0 saturated heterocycles. The van der Waals surface area contributed by atoms with Gasteiger partial charge in [0.05, 0.1) is 10.8 Å². The van der Waals surface area contributed by atoms with Gasteiger partial charge in [-0.3, -0.25) is 9.59 Å². The average molecular weight is 413 g/mol. The molecule has 0 radical (unpaired) electrons. The SMILES string of the molecule is C=CC(=O)OC12CC3CC(C1)CC(C(=O)OC(=O)C14CC5CC(CC(C5)C1)C4)(C3)C2. The highest BCUT2D eigenvalue weighted by molar-refractivity contribution is 5.92. The van der Waals surface area contributed by atoms with Gasteiger partial charge in [-0.2, -0.15) is 0 Å². The molecule has 30 heavy (non-hydrogen) atoms.